The SMILES string of the molecule is O=C(/C=C/Nc1ccccc1NS(=O)(=O)c1ccc([N+](=O)[O-])cc1)c1ccc2c(c1)OCO2. The first-order chi connectivity index (χ1) is 15.8. The Morgan fingerprint density at radius 2 is 1.67 bits per heavy atom. The molecule has 0 saturated heterocycles. The van der Waals surface area contributed by atoms with Crippen LogP contribution in [0.25, 0.3) is 0 Å². The first-order valence-corrected chi connectivity index (χ1v) is 11.1. The third-order valence-corrected chi connectivity index (χ3v) is 6.04. The average Bonchev–Trinajstić information content (AvgIpc) is 3.28. The number of rotatable bonds is 8. The highest BCUT2D eigenvalue weighted by Gasteiger charge is 2.18. The number of nitrogens with zero attached hydrogens (tertiary/aromatic N) is 1. The zero-order valence-electron chi connectivity index (χ0n) is 16.9. The zero-order chi connectivity index (χ0) is 23.4. The number of hydrogen-bond acceptors (Lipinski definition) is 8. The molecule has 11 heteroatoms. The smallest absolute Gasteiger partial charge is 0.269 e. The van der Waals surface area contributed by atoms with Crippen LogP contribution >= 0.6 is 0 Å². The van der Waals surface area contributed by atoms with Crippen LogP contribution in [0.5, 0.6) is 11.5 Å². The van der Waals surface area contributed by atoms with Crippen LogP contribution in [0.3, 0.4) is 0 Å². The molecule has 33 heavy (non-hydrogen) atoms. The van der Waals surface area contributed by atoms with Crippen molar-refractivity contribution in [2.45, 2.75) is 4.90 Å². The van der Waals surface area contributed by atoms with Crippen LogP contribution < -0.4 is 19.5 Å². The quantitative estimate of drug-likeness (QED) is 0.220. The highest BCUT2D eigenvalue weighted by Crippen LogP contribution is 2.32. The molecule has 168 valence electrons. The van der Waals surface area contributed by atoms with Gasteiger partial charge < -0.3 is 14.8 Å². The molecule has 1 aliphatic heterocycles. The van der Waals surface area contributed by atoms with Crippen molar-refractivity contribution in [1.82, 2.24) is 0 Å². The van der Waals surface area contributed by atoms with Crippen molar-refractivity contribution in [3.8, 4) is 11.5 Å². The molecule has 4 rings (SSSR count). The number of carbonyl (C=O) groups excluding carboxylic acids is 1. The number of allylic oxidation sites excluding steroid dienone is 1. The fourth-order valence-corrected chi connectivity index (χ4v) is 4.08. The van der Waals surface area contributed by atoms with Gasteiger partial charge in [-0.1, -0.05) is 12.1 Å². The maximum atomic E-state index is 12.7. The van der Waals surface area contributed by atoms with Crippen molar-refractivity contribution >= 4 is 32.9 Å². The average molecular weight is 467 g/mol. The number of nitrogens with one attached hydrogen (secondary N) is 2. The molecular weight excluding hydrogens is 450 g/mol. The number of fused-ring (bicyclic) bond motifs is 1. The Labute approximate surface area is 188 Å². The van der Waals surface area contributed by atoms with Gasteiger partial charge >= 0.3 is 0 Å². The van der Waals surface area contributed by atoms with Gasteiger partial charge in [0, 0.05) is 30.0 Å². The van der Waals surface area contributed by atoms with Gasteiger partial charge in [-0.05, 0) is 42.5 Å². The lowest BCUT2D eigenvalue weighted by atomic mass is 10.1. The molecule has 0 unspecified atom stereocenters. The molecule has 0 amide bonds. The zero-order valence-corrected chi connectivity index (χ0v) is 17.7. The predicted molar refractivity (Wildman–Crippen MR) is 120 cm³/mol. The van der Waals surface area contributed by atoms with Crippen molar-refractivity contribution in [3.63, 3.8) is 0 Å². The van der Waals surface area contributed by atoms with E-state index in [2.05, 4.69) is 10.0 Å². The Morgan fingerprint density at radius 1 is 0.970 bits per heavy atom. The minimum atomic E-state index is -4.00. The summed E-state index contributed by atoms with van der Waals surface area (Å²) in [6, 6.07) is 15.9. The lowest BCUT2D eigenvalue weighted by Gasteiger charge is -2.12. The fourth-order valence-electron chi connectivity index (χ4n) is 3.00. The Balaban J connectivity index is 1.47. The standard InChI is InChI=1S/C22H17N3O7S/c26-20(15-5-10-21-22(13-15)32-14-31-21)11-12-23-18-3-1-2-4-19(18)24-33(29,30)17-8-6-16(7-9-17)25(27)28/h1-13,23-24H,14H2/b12-11+. The molecule has 1 heterocycles. The summed E-state index contributed by atoms with van der Waals surface area (Å²) >= 11 is 0. The van der Waals surface area contributed by atoms with Crippen LogP contribution in [0.2, 0.25) is 0 Å². The van der Waals surface area contributed by atoms with Crippen LogP contribution in [0.15, 0.2) is 83.9 Å². The number of ketones is 1. The molecule has 2 N–H and O–H groups in total. The van der Waals surface area contributed by atoms with Crippen molar-refractivity contribution < 1.29 is 27.6 Å². The monoisotopic (exact) mass is 467 g/mol. The number of anilines is 2. The van der Waals surface area contributed by atoms with Crippen LogP contribution in [-0.4, -0.2) is 25.9 Å². The van der Waals surface area contributed by atoms with E-state index in [1.54, 1.807) is 42.5 Å². The van der Waals surface area contributed by atoms with Gasteiger partial charge in [-0.2, -0.15) is 0 Å². The summed E-state index contributed by atoms with van der Waals surface area (Å²) in [5, 5.41) is 13.7. The van der Waals surface area contributed by atoms with Gasteiger partial charge in [0.1, 0.15) is 0 Å². The van der Waals surface area contributed by atoms with E-state index in [4.69, 9.17) is 9.47 Å². The Bertz CT molecular complexity index is 1350. The Kier molecular flexibility index (Phi) is 5.96. The summed E-state index contributed by atoms with van der Waals surface area (Å²) in [6.45, 7) is 0.108. The van der Waals surface area contributed by atoms with E-state index >= 15 is 0 Å². The minimum Gasteiger partial charge on any atom is -0.454 e. The molecule has 0 saturated carbocycles. The van der Waals surface area contributed by atoms with E-state index in [9.17, 15) is 23.3 Å². The second kappa shape index (κ2) is 9.01. The first kappa shape index (κ1) is 21.8. The fraction of sp³-hybridized carbons (Fsp3) is 0.0455. The van der Waals surface area contributed by atoms with Crippen molar-refractivity contribution in [1.29, 1.82) is 0 Å². The molecular formula is C22H17N3O7S. The molecule has 3 aromatic carbocycles. The number of para-hydroxylation sites is 2. The van der Waals surface area contributed by atoms with E-state index in [0.717, 1.165) is 24.3 Å². The van der Waals surface area contributed by atoms with Crippen LogP contribution in [0.4, 0.5) is 17.1 Å². The molecule has 0 fully saturated rings. The molecule has 0 radical (unpaired) electrons. The molecule has 3 aromatic rings. The molecule has 10 nitrogen and oxygen atoms in total. The van der Waals surface area contributed by atoms with Gasteiger partial charge in [0.05, 0.1) is 21.2 Å². The van der Waals surface area contributed by atoms with E-state index in [1.165, 1.54) is 12.3 Å². The van der Waals surface area contributed by atoms with Gasteiger partial charge in [0.25, 0.3) is 15.7 Å². The number of sulfonamides is 1. The Morgan fingerprint density at radius 3 is 2.39 bits per heavy atom. The van der Waals surface area contributed by atoms with Gasteiger partial charge in [-0.3, -0.25) is 19.6 Å². The largest absolute Gasteiger partial charge is 0.454 e. The third-order valence-electron chi connectivity index (χ3n) is 4.66. The second-order valence-electron chi connectivity index (χ2n) is 6.81. The maximum absolute atomic E-state index is 12.7. The number of hydrogen-bond donors (Lipinski definition) is 2. The van der Waals surface area contributed by atoms with E-state index in [-0.39, 0.29) is 28.8 Å². The molecule has 1 aliphatic rings. The molecule has 0 atom stereocenters. The number of ether oxygens (including phenoxy) is 2. The lowest BCUT2D eigenvalue weighted by Crippen LogP contribution is -2.14. The van der Waals surface area contributed by atoms with E-state index < -0.39 is 14.9 Å². The van der Waals surface area contributed by atoms with Gasteiger partial charge in [0.15, 0.2) is 17.3 Å². The summed E-state index contributed by atoms with van der Waals surface area (Å²) in [7, 11) is -4.00. The summed E-state index contributed by atoms with van der Waals surface area (Å²) in [5.41, 5.74) is 0.825. The second-order valence-corrected chi connectivity index (χ2v) is 8.49. The normalized spacial score (nSPS) is 12.5. The van der Waals surface area contributed by atoms with Gasteiger partial charge in [-0.15, -0.1) is 0 Å². The third kappa shape index (κ3) is 4.93. The van der Waals surface area contributed by atoms with Crippen molar-refractivity contribution in [2.75, 3.05) is 16.8 Å². The summed E-state index contributed by atoms with van der Waals surface area (Å²) in [5.74, 6) is 0.779. The summed E-state index contributed by atoms with van der Waals surface area (Å²) in [4.78, 5) is 22.5. The lowest BCUT2D eigenvalue weighted by molar-refractivity contribution is -0.384. The highest BCUT2D eigenvalue weighted by atomic mass is 32.2. The predicted octanol–water partition coefficient (Wildman–Crippen LogP) is 3.93. The first-order valence-electron chi connectivity index (χ1n) is 9.57. The minimum absolute atomic E-state index is 0.108. The molecule has 0 bridgehead atoms. The highest BCUT2D eigenvalue weighted by molar-refractivity contribution is 7.92. The number of nitro groups is 1. The topological polar surface area (TPSA) is 137 Å². The van der Waals surface area contributed by atoms with Crippen LogP contribution in [0, 0.1) is 10.1 Å². The number of benzene rings is 3. The van der Waals surface area contributed by atoms with Crippen molar-refractivity contribution in [3.05, 3.63) is 94.7 Å². The summed E-state index contributed by atoms with van der Waals surface area (Å²) < 4.78 is 38.3. The Hall–Kier alpha value is -4.38. The number of non-ortho nitro benzene ring substituents is 1. The number of carbonyl (C=O) groups is 1. The van der Waals surface area contributed by atoms with E-state index in [0.29, 0.717) is 22.7 Å². The summed E-state index contributed by atoms with van der Waals surface area (Å²) in [6.07, 6.45) is 2.70. The molecule has 0 aromatic heterocycles. The molecule has 0 spiro atoms. The van der Waals surface area contributed by atoms with Gasteiger partial charge in [0.2, 0.25) is 6.79 Å². The maximum Gasteiger partial charge on any atom is 0.269 e. The van der Waals surface area contributed by atoms with Crippen molar-refractivity contribution in [2.24, 2.45) is 0 Å². The van der Waals surface area contributed by atoms with E-state index in [1.807, 2.05) is 0 Å². The van der Waals surface area contributed by atoms with Crippen LogP contribution in [-0.2, 0) is 10.0 Å². The van der Waals surface area contributed by atoms with Crippen LogP contribution in [0.1, 0.15) is 10.4 Å². The van der Waals surface area contributed by atoms with Gasteiger partial charge in [-0.25, -0.2) is 8.42 Å². The molecule has 0 aliphatic carbocycles. The number of nitro benzene ring substituents is 1.